The molecular formula is C15H27N5S. The molecule has 2 heterocycles. The monoisotopic (exact) mass is 309 g/mol. The number of aryl methyl sites for hydroxylation is 1. The van der Waals surface area contributed by atoms with Gasteiger partial charge in [-0.15, -0.1) is 0 Å². The number of aromatic nitrogens is 2. The van der Waals surface area contributed by atoms with E-state index in [2.05, 4.69) is 45.7 Å². The summed E-state index contributed by atoms with van der Waals surface area (Å²) in [5.41, 5.74) is 2.64. The zero-order valence-corrected chi connectivity index (χ0v) is 14.2. The number of hydrogen-bond donors (Lipinski definition) is 1. The molecule has 1 aromatic rings. The number of nitrogens with one attached hydrogen (secondary N) is 1. The third kappa shape index (κ3) is 4.17. The van der Waals surface area contributed by atoms with E-state index in [1.807, 2.05) is 6.20 Å². The van der Waals surface area contributed by atoms with E-state index in [4.69, 9.17) is 12.2 Å². The van der Waals surface area contributed by atoms with Crippen LogP contribution < -0.4 is 5.32 Å². The first-order valence-electron chi connectivity index (χ1n) is 7.92. The number of hydrogen-bond acceptors (Lipinski definition) is 3. The third-order valence-corrected chi connectivity index (χ3v) is 4.49. The molecule has 1 saturated heterocycles. The summed E-state index contributed by atoms with van der Waals surface area (Å²) in [5.74, 6) is 0. The van der Waals surface area contributed by atoms with Gasteiger partial charge in [-0.25, -0.2) is 0 Å². The molecule has 1 aromatic heterocycles. The van der Waals surface area contributed by atoms with Crippen molar-refractivity contribution in [3.8, 4) is 0 Å². The molecule has 1 aliphatic heterocycles. The van der Waals surface area contributed by atoms with Crippen LogP contribution >= 0.6 is 12.2 Å². The molecule has 0 amide bonds. The lowest BCUT2D eigenvalue weighted by atomic mass is 10.2. The standard InChI is InChI=1S/C15H27N5S/c1-4-6-16-15(21)19-9-7-18(8-10-19)12-14-11-17-20(5-2)13(14)3/h11H,4-10,12H2,1-3H3,(H,16,21). The number of thiocarbonyl (C=S) groups is 1. The summed E-state index contributed by atoms with van der Waals surface area (Å²) in [6.45, 7) is 13.5. The van der Waals surface area contributed by atoms with E-state index < -0.39 is 0 Å². The van der Waals surface area contributed by atoms with Crippen LogP contribution in [0.15, 0.2) is 6.20 Å². The van der Waals surface area contributed by atoms with E-state index in [9.17, 15) is 0 Å². The Morgan fingerprint density at radius 1 is 1.29 bits per heavy atom. The van der Waals surface area contributed by atoms with Gasteiger partial charge in [0.15, 0.2) is 5.11 Å². The fraction of sp³-hybridized carbons (Fsp3) is 0.733. The van der Waals surface area contributed by atoms with Crippen LogP contribution in [0.5, 0.6) is 0 Å². The Bertz CT molecular complexity index is 463. The van der Waals surface area contributed by atoms with Crippen LogP contribution in [0.2, 0.25) is 0 Å². The molecule has 0 aromatic carbocycles. The van der Waals surface area contributed by atoms with Crippen molar-refractivity contribution >= 4 is 17.3 Å². The second-order valence-electron chi connectivity index (χ2n) is 5.57. The Labute approximate surface area is 133 Å². The summed E-state index contributed by atoms with van der Waals surface area (Å²) >= 11 is 5.43. The van der Waals surface area contributed by atoms with Crippen molar-refractivity contribution in [2.24, 2.45) is 0 Å². The fourth-order valence-electron chi connectivity index (χ4n) is 2.65. The fourth-order valence-corrected chi connectivity index (χ4v) is 2.94. The molecular weight excluding hydrogens is 282 g/mol. The number of rotatable bonds is 5. The number of piperazine rings is 1. The first-order valence-corrected chi connectivity index (χ1v) is 8.33. The molecule has 5 nitrogen and oxygen atoms in total. The first-order chi connectivity index (χ1) is 10.2. The van der Waals surface area contributed by atoms with Crippen LogP contribution in [0.1, 0.15) is 31.5 Å². The Balaban J connectivity index is 1.81. The predicted octanol–water partition coefficient (Wildman–Crippen LogP) is 1.61. The van der Waals surface area contributed by atoms with Crippen LogP contribution in [-0.2, 0) is 13.1 Å². The molecule has 0 atom stereocenters. The normalized spacial score (nSPS) is 16.2. The smallest absolute Gasteiger partial charge is 0.169 e. The molecule has 0 aliphatic carbocycles. The molecule has 0 saturated carbocycles. The summed E-state index contributed by atoms with van der Waals surface area (Å²) in [6.07, 6.45) is 3.12. The van der Waals surface area contributed by atoms with Crippen molar-refractivity contribution in [1.29, 1.82) is 0 Å². The molecule has 2 rings (SSSR count). The molecule has 118 valence electrons. The largest absolute Gasteiger partial charge is 0.363 e. The molecule has 6 heteroatoms. The van der Waals surface area contributed by atoms with Gasteiger partial charge in [0, 0.05) is 57.1 Å². The van der Waals surface area contributed by atoms with E-state index >= 15 is 0 Å². The van der Waals surface area contributed by atoms with Crippen LogP contribution in [-0.4, -0.2) is 57.4 Å². The lowest BCUT2D eigenvalue weighted by Gasteiger charge is -2.36. The summed E-state index contributed by atoms with van der Waals surface area (Å²) in [4.78, 5) is 4.77. The Hall–Kier alpha value is -1.14. The summed E-state index contributed by atoms with van der Waals surface area (Å²) in [7, 11) is 0. The highest BCUT2D eigenvalue weighted by molar-refractivity contribution is 7.80. The SMILES string of the molecule is CCCNC(=S)N1CCN(Cc2cnn(CC)c2C)CC1. The molecule has 0 unspecified atom stereocenters. The Kier molecular flexibility index (Phi) is 5.99. The molecule has 0 spiro atoms. The summed E-state index contributed by atoms with van der Waals surface area (Å²) in [5, 5.41) is 8.65. The second-order valence-corrected chi connectivity index (χ2v) is 5.95. The van der Waals surface area contributed by atoms with Crippen molar-refractivity contribution in [3.05, 3.63) is 17.5 Å². The molecule has 1 N–H and O–H groups in total. The lowest BCUT2D eigenvalue weighted by molar-refractivity contribution is 0.174. The van der Waals surface area contributed by atoms with Gasteiger partial charge in [-0.1, -0.05) is 6.92 Å². The average molecular weight is 309 g/mol. The van der Waals surface area contributed by atoms with Crippen molar-refractivity contribution in [2.45, 2.75) is 40.3 Å². The number of nitrogens with zero attached hydrogens (tertiary/aromatic N) is 4. The van der Waals surface area contributed by atoms with E-state index in [0.717, 1.165) is 57.3 Å². The molecule has 0 radical (unpaired) electrons. The molecule has 0 bridgehead atoms. The summed E-state index contributed by atoms with van der Waals surface area (Å²) < 4.78 is 2.06. The average Bonchev–Trinajstić information content (AvgIpc) is 2.86. The van der Waals surface area contributed by atoms with E-state index in [1.165, 1.54) is 11.3 Å². The molecule has 1 fully saturated rings. The molecule has 21 heavy (non-hydrogen) atoms. The molecule has 1 aliphatic rings. The van der Waals surface area contributed by atoms with Crippen molar-refractivity contribution < 1.29 is 0 Å². The highest BCUT2D eigenvalue weighted by atomic mass is 32.1. The van der Waals surface area contributed by atoms with E-state index in [-0.39, 0.29) is 0 Å². The van der Waals surface area contributed by atoms with Gasteiger partial charge in [-0.3, -0.25) is 9.58 Å². The van der Waals surface area contributed by atoms with E-state index in [0.29, 0.717) is 0 Å². The van der Waals surface area contributed by atoms with Crippen LogP contribution in [0.3, 0.4) is 0 Å². The zero-order chi connectivity index (χ0) is 15.2. The van der Waals surface area contributed by atoms with Gasteiger partial charge in [-0.05, 0) is 32.5 Å². The Morgan fingerprint density at radius 2 is 2.00 bits per heavy atom. The van der Waals surface area contributed by atoms with Gasteiger partial charge in [0.25, 0.3) is 0 Å². The lowest BCUT2D eigenvalue weighted by Crippen LogP contribution is -2.51. The highest BCUT2D eigenvalue weighted by Gasteiger charge is 2.19. The minimum Gasteiger partial charge on any atom is -0.363 e. The van der Waals surface area contributed by atoms with Crippen LogP contribution in [0.4, 0.5) is 0 Å². The zero-order valence-electron chi connectivity index (χ0n) is 13.4. The van der Waals surface area contributed by atoms with Gasteiger partial charge in [-0.2, -0.15) is 5.10 Å². The van der Waals surface area contributed by atoms with Crippen LogP contribution in [0.25, 0.3) is 0 Å². The third-order valence-electron chi connectivity index (χ3n) is 4.08. The first kappa shape index (κ1) is 16.2. The maximum Gasteiger partial charge on any atom is 0.169 e. The summed E-state index contributed by atoms with van der Waals surface area (Å²) in [6, 6.07) is 0. The van der Waals surface area contributed by atoms with Crippen molar-refractivity contribution in [3.63, 3.8) is 0 Å². The topological polar surface area (TPSA) is 36.3 Å². The second kappa shape index (κ2) is 7.75. The highest BCUT2D eigenvalue weighted by Crippen LogP contribution is 2.12. The van der Waals surface area contributed by atoms with Crippen LogP contribution in [0, 0.1) is 6.92 Å². The quantitative estimate of drug-likeness (QED) is 0.836. The maximum absolute atomic E-state index is 5.43. The van der Waals surface area contributed by atoms with E-state index in [1.54, 1.807) is 0 Å². The van der Waals surface area contributed by atoms with Gasteiger partial charge < -0.3 is 10.2 Å². The van der Waals surface area contributed by atoms with Crippen molar-refractivity contribution in [1.82, 2.24) is 24.9 Å². The van der Waals surface area contributed by atoms with Crippen molar-refractivity contribution in [2.75, 3.05) is 32.7 Å². The van der Waals surface area contributed by atoms with Gasteiger partial charge in [0.05, 0.1) is 6.20 Å². The maximum atomic E-state index is 5.43. The predicted molar refractivity (Wildman–Crippen MR) is 90.4 cm³/mol. The Morgan fingerprint density at radius 3 is 2.57 bits per heavy atom. The minimum atomic E-state index is 0.909. The van der Waals surface area contributed by atoms with Gasteiger partial charge in [0.2, 0.25) is 0 Å². The van der Waals surface area contributed by atoms with Gasteiger partial charge >= 0.3 is 0 Å². The minimum absolute atomic E-state index is 0.909. The van der Waals surface area contributed by atoms with Gasteiger partial charge in [0.1, 0.15) is 0 Å².